The Morgan fingerprint density at radius 2 is 1.88 bits per heavy atom. The first-order valence-electron chi connectivity index (χ1n) is 7.91. The summed E-state index contributed by atoms with van der Waals surface area (Å²) in [7, 11) is 1.97. The molecule has 0 aliphatic carbocycles. The van der Waals surface area contributed by atoms with E-state index in [0.717, 1.165) is 17.2 Å². The monoisotopic (exact) mass is 324 g/mol. The van der Waals surface area contributed by atoms with Gasteiger partial charge in [-0.3, -0.25) is 4.79 Å². The van der Waals surface area contributed by atoms with Crippen LogP contribution in [0.25, 0.3) is 0 Å². The van der Waals surface area contributed by atoms with Crippen LogP contribution in [0.15, 0.2) is 54.6 Å². The van der Waals surface area contributed by atoms with Crippen LogP contribution in [0.5, 0.6) is 5.75 Å². The molecule has 0 aromatic heterocycles. The second-order valence-corrected chi connectivity index (χ2v) is 5.66. The van der Waals surface area contributed by atoms with Gasteiger partial charge >= 0.3 is 0 Å². The predicted molar refractivity (Wildman–Crippen MR) is 92.9 cm³/mol. The number of hydrogen-bond donors (Lipinski definition) is 2. The normalized spacial score (nSPS) is 12.7. The van der Waals surface area contributed by atoms with Crippen molar-refractivity contribution in [2.45, 2.75) is 13.0 Å². The average Bonchev–Trinajstić information content (AvgIpc) is 2.62. The fraction of sp³-hybridized carbons (Fsp3) is 0.263. The van der Waals surface area contributed by atoms with Crippen molar-refractivity contribution in [2.75, 3.05) is 25.5 Å². The van der Waals surface area contributed by atoms with E-state index in [2.05, 4.69) is 11.4 Å². The maximum absolute atomic E-state index is 12.3. The Kier molecular flexibility index (Phi) is 6.35. The van der Waals surface area contributed by atoms with Crippen molar-refractivity contribution in [1.82, 2.24) is 0 Å². The van der Waals surface area contributed by atoms with E-state index in [1.807, 2.05) is 44.3 Å². The summed E-state index contributed by atoms with van der Waals surface area (Å²) in [5.74, 6) is 0.775. The third-order valence-corrected chi connectivity index (χ3v) is 3.92. The molecule has 2 aromatic carbocycles. The number of carbonyl (C=O) groups is 1. The first-order chi connectivity index (χ1) is 11.6. The zero-order valence-corrected chi connectivity index (χ0v) is 14.0. The van der Waals surface area contributed by atoms with E-state index in [1.54, 1.807) is 24.3 Å². The van der Waals surface area contributed by atoms with E-state index < -0.39 is 0 Å². The van der Waals surface area contributed by atoms with Crippen LogP contribution < -0.4 is 15.0 Å². The molecule has 0 saturated heterocycles. The van der Waals surface area contributed by atoms with Gasteiger partial charge in [-0.2, -0.15) is 5.26 Å². The molecule has 1 amide bonds. The van der Waals surface area contributed by atoms with Crippen molar-refractivity contribution in [2.24, 2.45) is 0 Å². The molecule has 1 unspecified atom stereocenters. The van der Waals surface area contributed by atoms with Gasteiger partial charge in [-0.15, -0.1) is 0 Å². The minimum atomic E-state index is -0.208. The first kappa shape index (κ1) is 17.5. The van der Waals surface area contributed by atoms with Crippen LogP contribution in [-0.2, 0) is 4.79 Å². The number of quaternary nitrogens is 1. The molecule has 2 rings (SSSR count). The summed E-state index contributed by atoms with van der Waals surface area (Å²) in [4.78, 5) is 13.4. The van der Waals surface area contributed by atoms with Gasteiger partial charge in [0, 0.05) is 5.69 Å². The molecule has 5 heteroatoms. The van der Waals surface area contributed by atoms with Gasteiger partial charge in [0.2, 0.25) is 0 Å². The molecule has 0 heterocycles. The second kappa shape index (κ2) is 8.70. The van der Waals surface area contributed by atoms with Gasteiger partial charge in [-0.25, -0.2) is 0 Å². The molecule has 0 radical (unpaired) electrons. The van der Waals surface area contributed by atoms with E-state index in [-0.39, 0.29) is 11.9 Å². The van der Waals surface area contributed by atoms with E-state index in [1.165, 1.54) is 0 Å². The van der Waals surface area contributed by atoms with E-state index in [4.69, 9.17) is 10.00 Å². The van der Waals surface area contributed by atoms with Gasteiger partial charge in [0.15, 0.2) is 6.04 Å². The molecule has 2 N–H and O–H groups in total. The van der Waals surface area contributed by atoms with Gasteiger partial charge in [0.1, 0.15) is 18.9 Å². The lowest BCUT2D eigenvalue weighted by Crippen LogP contribution is -3.14. The molecule has 2 atom stereocenters. The number of nitrogens with one attached hydrogen (secondary N) is 2. The van der Waals surface area contributed by atoms with Gasteiger partial charge in [-0.05, 0) is 43.3 Å². The zero-order chi connectivity index (χ0) is 17.4. The molecular formula is C19H22N3O2+. The Morgan fingerprint density at radius 3 is 2.50 bits per heavy atom. The number of ether oxygens (including phenoxy) is 1. The molecule has 0 aliphatic heterocycles. The van der Waals surface area contributed by atoms with Gasteiger partial charge in [0.05, 0.1) is 18.7 Å². The summed E-state index contributed by atoms with van der Waals surface area (Å²) in [5, 5.41) is 11.7. The lowest BCUT2D eigenvalue weighted by molar-refractivity contribution is -0.894. The van der Waals surface area contributed by atoms with Crippen molar-refractivity contribution in [3.05, 3.63) is 60.2 Å². The number of nitrogens with zero attached hydrogens (tertiary/aromatic N) is 1. The topological polar surface area (TPSA) is 66.6 Å². The maximum Gasteiger partial charge on any atom is 0.282 e. The highest BCUT2D eigenvalue weighted by atomic mass is 16.5. The molecule has 0 fully saturated rings. The molecule has 124 valence electrons. The van der Waals surface area contributed by atoms with Crippen LogP contribution in [0.3, 0.4) is 0 Å². The average molecular weight is 324 g/mol. The summed E-state index contributed by atoms with van der Waals surface area (Å²) in [6.07, 6.45) is 0. The largest absolute Gasteiger partial charge is 0.488 e. The number of hydrogen-bond acceptors (Lipinski definition) is 3. The van der Waals surface area contributed by atoms with Crippen LogP contribution in [-0.4, -0.2) is 32.1 Å². The van der Waals surface area contributed by atoms with Crippen molar-refractivity contribution in [3.63, 3.8) is 0 Å². The van der Waals surface area contributed by atoms with Crippen LogP contribution in [0.2, 0.25) is 0 Å². The molecular weight excluding hydrogens is 302 g/mol. The summed E-state index contributed by atoms with van der Waals surface area (Å²) in [5.41, 5.74) is 1.26. The Hall–Kier alpha value is -2.84. The minimum Gasteiger partial charge on any atom is -0.488 e. The third-order valence-electron chi connectivity index (χ3n) is 3.92. The Morgan fingerprint density at radius 1 is 1.21 bits per heavy atom. The van der Waals surface area contributed by atoms with Crippen LogP contribution in [0.1, 0.15) is 12.5 Å². The van der Waals surface area contributed by atoms with Gasteiger partial charge in [0.25, 0.3) is 5.91 Å². The highest BCUT2D eigenvalue weighted by Gasteiger charge is 2.21. The molecule has 0 bridgehead atoms. The van der Waals surface area contributed by atoms with E-state index >= 15 is 0 Å². The molecule has 5 nitrogen and oxygen atoms in total. The fourth-order valence-corrected chi connectivity index (χ4v) is 2.17. The van der Waals surface area contributed by atoms with Crippen molar-refractivity contribution < 1.29 is 14.4 Å². The van der Waals surface area contributed by atoms with E-state index in [0.29, 0.717) is 17.9 Å². The number of rotatable bonds is 7. The van der Waals surface area contributed by atoms with Crippen molar-refractivity contribution >= 4 is 11.6 Å². The lowest BCUT2D eigenvalue weighted by atomic mass is 10.2. The highest BCUT2D eigenvalue weighted by molar-refractivity contribution is 5.93. The molecule has 0 saturated carbocycles. The lowest BCUT2D eigenvalue weighted by Gasteiger charge is -2.21. The molecule has 24 heavy (non-hydrogen) atoms. The zero-order valence-electron chi connectivity index (χ0n) is 14.0. The fourth-order valence-electron chi connectivity index (χ4n) is 2.17. The summed E-state index contributed by atoms with van der Waals surface area (Å²) in [6, 6.07) is 18.3. The SMILES string of the molecule is C[C@H](C(=O)Nc1ccc(C#N)cc1)[NH+](C)CCOc1ccccc1. The van der Waals surface area contributed by atoms with Crippen LogP contribution in [0.4, 0.5) is 5.69 Å². The van der Waals surface area contributed by atoms with Gasteiger partial charge in [-0.1, -0.05) is 18.2 Å². The quantitative estimate of drug-likeness (QED) is 0.811. The standard InChI is InChI=1S/C19H21N3O2/c1-15(19(23)21-17-10-8-16(14-20)9-11-17)22(2)12-13-24-18-6-4-3-5-7-18/h3-11,15H,12-13H2,1-2H3,(H,21,23)/p+1/t15-/m1/s1. The Balaban J connectivity index is 1.79. The summed E-state index contributed by atoms with van der Waals surface area (Å²) < 4.78 is 5.67. The van der Waals surface area contributed by atoms with Crippen molar-refractivity contribution in [1.29, 1.82) is 5.26 Å². The van der Waals surface area contributed by atoms with Gasteiger partial charge < -0.3 is 15.0 Å². The van der Waals surface area contributed by atoms with Crippen LogP contribution >= 0.6 is 0 Å². The third kappa shape index (κ3) is 5.11. The highest BCUT2D eigenvalue weighted by Crippen LogP contribution is 2.09. The molecule has 0 spiro atoms. The second-order valence-electron chi connectivity index (χ2n) is 5.66. The number of benzene rings is 2. The van der Waals surface area contributed by atoms with Crippen LogP contribution in [0, 0.1) is 11.3 Å². The number of amides is 1. The number of para-hydroxylation sites is 1. The number of nitriles is 1. The summed E-state index contributed by atoms with van der Waals surface area (Å²) >= 11 is 0. The van der Waals surface area contributed by atoms with Crippen molar-refractivity contribution in [3.8, 4) is 11.8 Å². The molecule has 0 aliphatic rings. The Labute approximate surface area is 142 Å². The number of carbonyl (C=O) groups excluding carboxylic acids is 1. The number of likely N-dealkylation sites (N-methyl/N-ethyl adjacent to an activating group) is 1. The minimum absolute atomic E-state index is 0.0584. The maximum atomic E-state index is 12.3. The predicted octanol–water partition coefficient (Wildman–Crippen LogP) is 1.48. The Bertz CT molecular complexity index is 693. The first-order valence-corrected chi connectivity index (χ1v) is 7.91. The molecule has 2 aromatic rings. The summed E-state index contributed by atoms with van der Waals surface area (Å²) in [6.45, 7) is 3.15. The van der Waals surface area contributed by atoms with E-state index in [9.17, 15) is 4.79 Å². The smallest absolute Gasteiger partial charge is 0.282 e. The number of anilines is 1.